The van der Waals surface area contributed by atoms with Crippen molar-refractivity contribution in [2.45, 2.75) is 30.8 Å². The molecule has 4 nitrogen and oxygen atoms in total. The van der Waals surface area contributed by atoms with Crippen molar-refractivity contribution >= 4 is 6.03 Å². The van der Waals surface area contributed by atoms with E-state index in [-0.39, 0.29) is 11.6 Å². The Morgan fingerprint density at radius 3 is 2.86 bits per heavy atom. The quantitative estimate of drug-likeness (QED) is 0.651. The molecule has 1 spiro atoms. The first-order valence-electron chi connectivity index (χ1n) is 5.48. The zero-order chi connectivity index (χ0) is 9.76. The zero-order valence-corrected chi connectivity index (χ0v) is 8.62. The predicted molar refractivity (Wildman–Crippen MR) is 53.1 cm³/mol. The van der Waals surface area contributed by atoms with E-state index in [1.54, 1.807) is 0 Å². The first kappa shape index (κ1) is 8.53. The third kappa shape index (κ3) is 1.00. The van der Waals surface area contributed by atoms with E-state index in [1.165, 1.54) is 12.8 Å². The van der Waals surface area contributed by atoms with Crippen LogP contribution in [0, 0.1) is 0 Å². The molecular weight excluding hydrogens is 178 g/mol. The molecule has 4 heteroatoms. The molecule has 1 saturated carbocycles. The number of hydrogen-bond donors (Lipinski definition) is 1. The lowest BCUT2D eigenvalue weighted by Crippen LogP contribution is -2.49. The smallest absolute Gasteiger partial charge is 0.320 e. The highest BCUT2D eigenvalue weighted by Crippen LogP contribution is 2.40. The van der Waals surface area contributed by atoms with Crippen LogP contribution >= 0.6 is 0 Å². The van der Waals surface area contributed by atoms with Gasteiger partial charge in [-0.2, -0.15) is 0 Å². The van der Waals surface area contributed by atoms with Crippen molar-refractivity contribution in [3.05, 3.63) is 0 Å². The number of carbonyl (C=O) groups excluding carboxylic acids is 1. The van der Waals surface area contributed by atoms with Crippen LogP contribution in [0.25, 0.3) is 0 Å². The monoisotopic (exact) mass is 195 g/mol. The third-order valence-electron chi connectivity index (χ3n) is 3.71. The average Bonchev–Trinajstić information content (AvgIpc) is 2.82. The molecule has 0 aromatic carbocycles. The molecule has 14 heavy (non-hydrogen) atoms. The van der Waals surface area contributed by atoms with Gasteiger partial charge in [-0.3, -0.25) is 0 Å². The number of nitrogens with zero attached hydrogens (tertiary/aromatic N) is 2. The lowest BCUT2D eigenvalue weighted by atomic mass is 9.98. The Kier molecular flexibility index (Phi) is 1.60. The van der Waals surface area contributed by atoms with Gasteiger partial charge in [0.25, 0.3) is 0 Å². The molecule has 0 radical (unpaired) electrons. The maximum Gasteiger partial charge on any atom is 0.320 e. The van der Waals surface area contributed by atoms with E-state index in [1.807, 2.05) is 11.9 Å². The number of carbonyl (C=O) groups is 1. The molecule has 1 unspecified atom stereocenters. The SMILES string of the molecule is CN1CC2(CCNC2)N(C2CC2)C1=O. The summed E-state index contributed by atoms with van der Waals surface area (Å²) in [6.07, 6.45) is 3.54. The molecule has 3 rings (SSSR count). The first-order valence-corrected chi connectivity index (χ1v) is 5.48. The van der Waals surface area contributed by atoms with E-state index >= 15 is 0 Å². The summed E-state index contributed by atoms with van der Waals surface area (Å²) in [5, 5.41) is 3.39. The number of likely N-dealkylation sites (N-methyl/N-ethyl adjacent to an activating group) is 1. The van der Waals surface area contributed by atoms with Gasteiger partial charge < -0.3 is 15.1 Å². The van der Waals surface area contributed by atoms with Crippen LogP contribution in [-0.4, -0.2) is 54.1 Å². The van der Waals surface area contributed by atoms with Crippen molar-refractivity contribution in [1.82, 2.24) is 15.1 Å². The highest BCUT2D eigenvalue weighted by molar-refractivity contribution is 5.79. The normalized spacial score (nSPS) is 37.6. The number of nitrogens with one attached hydrogen (secondary N) is 1. The van der Waals surface area contributed by atoms with Crippen molar-refractivity contribution in [3.8, 4) is 0 Å². The van der Waals surface area contributed by atoms with Crippen molar-refractivity contribution < 1.29 is 4.79 Å². The summed E-state index contributed by atoms with van der Waals surface area (Å²) in [5.41, 5.74) is 0.132. The summed E-state index contributed by atoms with van der Waals surface area (Å²) < 4.78 is 0. The predicted octanol–water partition coefficient (Wildman–Crippen LogP) is 0.248. The van der Waals surface area contributed by atoms with Crippen molar-refractivity contribution in [2.75, 3.05) is 26.7 Å². The van der Waals surface area contributed by atoms with Crippen LogP contribution in [0.2, 0.25) is 0 Å². The minimum Gasteiger partial charge on any atom is -0.325 e. The fraction of sp³-hybridized carbons (Fsp3) is 0.900. The van der Waals surface area contributed by atoms with Gasteiger partial charge in [0.2, 0.25) is 0 Å². The summed E-state index contributed by atoms with van der Waals surface area (Å²) in [6, 6.07) is 0.795. The molecule has 78 valence electrons. The summed E-state index contributed by atoms with van der Waals surface area (Å²) in [4.78, 5) is 16.0. The Morgan fingerprint density at radius 1 is 1.50 bits per heavy atom. The van der Waals surface area contributed by atoms with E-state index in [4.69, 9.17) is 0 Å². The maximum atomic E-state index is 12.0. The van der Waals surface area contributed by atoms with Gasteiger partial charge in [-0.15, -0.1) is 0 Å². The van der Waals surface area contributed by atoms with Crippen LogP contribution in [0.1, 0.15) is 19.3 Å². The Hall–Kier alpha value is -0.770. The Balaban J connectivity index is 1.91. The minimum absolute atomic E-state index is 0.132. The number of hydrogen-bond acceptors (Lipinski definition) is 2. The molecule has 2 saturated heterocycles. The van der Waals surface area contributed by atoms with Gasteiger partial charge >= 0.3 is 6.03 Å². The molecule has 1 N–H and O–H groups in total. The van der Waals surface area contributed by atoms with Gasteiger partial charge in [0.1, 0.15) is 0 Å². The van der Waals surface area contributed by atoms with Crippen molar-refractivity contribution in [1.29, 1.82) is 0 Å². The Morgan fingerprint density at radius 2 is 2.29 bits per heavy atom. The summed E-state index contributed by atoms with van der Waals surface area (Å²) >= 11 is 0. The fourth-order valence-electron chi connectivity index (χ4n) is 2.92. The van der Waals surface area contributed by atoms with E-state index in [0.717, 1.165) is 26.1 Å². The molecule has 2 heterocycles. The van der Waals surface area contributed by atoms with Crippen LogP contribution in [0.15, 0.2) is 0 Å². The summed E-state index contributed by atoms with van der Waals surface area (Å²) in [5.74, 6) is 0. The third-order valence-corrected chi connectivity index (χ3v) is 3.71. The molecule has 2 aliphatic heterocycles. The fourth-order valence-corrected chi connectivity index (χ4v) is 2.92. The highest BCUT2D eigenvalue weighted by atomic mass is 16.2. The lowest BCUT2D eigenvalue weighted by molar-refractivity contribution is 0.159. The van der Waals surface area contributed by atoms with Gasteiger partial charge in [0, 0.05) is 26.2 Å². The second kappa shape index (κ2) is 2.63. The van der Waals surface area contributed by atoms with Crippen molar-refractivity contribution in [2.24, 2.45) is 0 Å². The second-order valence-corrected chi connectivity index (χ2v) is 4.89. The molecule has 3 aliphatic rings. The van der Waals surface area contributed by atoms with E-state index in [2.05, 4.69) is 10.2 Å². The highest BCUT2D eigenvalue weighted by Gasteiger charge is 2.54. The average molecular weight is 195 g/mol. The van der Waals surface area contributed by atoms with Crippen molar-refractivity contribution in [3.63, 3.8) is 0 Å². The Bertz CT molecular complexity index is 269. The van der Waals surface area contributed by atoms with Crippen LogP contribution in [0.5, 0.6) is 0 Å². The van der Waals surface area contributed by atoms with Gasteiger partial charge in [-0.1, -0.05) is 0 Å². The molecule has 0 aromatic rings. The van der Waals surface area contributed by atoms with Gasteiger partial charge in [-0.05, 0) is 25.8 Å². The molecule has 2 amide bonds. The Labute approximate surface area is 84.2 Å². The number of urea groups is 1. The zero-order valence-electron chi connectivity index (χ0n) is 8.62. The second-order valence-electron chi connectivity index (χ2n) is 4.89. The summed E-state index contributed by atoms with van der Waals surface area (Å²) in [7, 11) is 1.92. The summed E-state index contributed by atoms with van der Waals surface area (Å²) in [6.45, 7) is 2.96. The molecule has 0 bridgehead atoms. The van der Waals surface area contributed by atoms with Crippen LogP contribution in [0.3, 0.4) is 0 Å². The van der Waals surface area contributed by atoms with Gasteiger partial charge in [0.05, 0.1) is 5.54 Å². The van der Waals surface area contributed by atoms with E-state index in [0.29, 0.717) is 6.04 Å². The largest absolute Gasteiger partial charge is 0.325 e. The van der Waals surface area contributed by atoms with Crippen LogP contribution in [0.4, 0.5) is 4.79 Å². The van der Waals surface area contributed by atoms with Gasteiger partial charge in [0.15, 0.2) is 0 Å². The number of amides is 2. The molecule has 3 fully saturated rings. The first-order chi connectivity index (χ1) is 6.73. The lowest BCUT2D eigenvalue weighted by Gasteiger charge is -2.32. The standard InChI is InChI=1S/C10H17N3O/c1-12-7-10(4-5-11-6-10)13(9(12)14)8-2-3-8/h8,11H,2-7H2,1H3. The minimum atomic E-state index is 0.132. The maximum absolute atomic E-state index is 12.0. The molecule has 1 atom stereocenters. The molecular formula is C10H17N3O. The number of rotatable bonds is 1. The molecule has 0 aromatic heterocycles. The van der Waals surface area contributed by atoms with E-state index in [9.17, 15) is 4.79 Å². The molecule has 1 aliphatic carbocycles. The van der Waals surface area contributed by atoms with Gasteiger partial charge in [-0.25, -0.2) is 4.79 Å². The van der Waals surface area contributed by atoms with Crippen LogP contribution in [-0.2, 0) is 0 Å². The van der Waals surface area contributed by atoms with E-state index < -0.39 is 0 Å². The topological polar surface area (TPSA) is 35.6 Å². The van der Waals surface area contributed by atoms with Crippen LogP contribution < -0.4 is 5.32 Å².